The summed E-state index contributed by atoms with van der Waals surface area (Å²) in [6.45, 7) is 10.7. The van der Waals surface area contributed by atoms with Crippen molar-refractivity contribution in [2.24, 2.45) is 0 Å². The normalized spacial score (nSPS) is 13.7. The topological polar surface area (TPSA) is 22.1 Å². The number of ether oxygens (including phenoxy) is 1. The molecule has 0 saturated carbocycles. The molecule has 0 N–H and O–H groups in total. The molecule has 1 aromatic rings. The van der Waals surface area contributed by atoms with Gasteiger partial charge in [0, 0.05) is 12.3 Å². The van der Waals surface area contributed by atoms with Gasteiger partial charge >= 0.3 is 0 Å². The fourth-order valence-electron chi connectivity index (χ4n) is 1.23. The van der Waals surface area contributed by atoms with Gasteiger partial charge in [-0.3, -0.25) is 0 Å². The number of rotatable bonds is 3. The zero-order valence-electron chi connectivity index (χ0n) is 10.4. The molecule has 15 heavy (non-hydrogen) atoms. The Morgan fingerprint density at radius 3 is 2.60 bits per heavy atom. The third kappa shape index (κ3) is 3.54. The van der Waals surface area contributed by atoms with Crippen LogP contribution in [0.4, 0.5) is 0 Å². The molecule has 0 radical (unpaired) electrons. The second-order valence-electron chi connectivity index (χ2n) is 4.97. The molecule has 1 heterocycles. The van der Waals surface area contributed by atoms with E-state index in [2.05, 4.69) is 39.6 Å². The van der Waals surface area contributed by atoms with Crippen LogP contribution in [-0.2, 0) is 5.41 Å². The summed E-state index contributed by atoms with van der Waals surface area (Å²) in [6, 6.07) is 4.08. The van der Waals surface area contributed by atoms with E-state index < -0.39 is 0 Å². The van der Waals surface area contributed by atoms with Gasteiger partial charge in [0.2, 0.25) is 5.88 Å². The fraction of sp³-hybridized carbons (Fsp3) is 0.615. The fourth-order valence-corrected chi connectivity index (χ4v) is 1.23. The van der Waals surface area contributed by atoms with Gasteiger partial charge in [-0.1, -0.05) is 27.7 Å². The summed E-state index contributed by atoms with van der Waals surface area (Å²) in [5, 5.41) is 0. The molecule has 2 nitrogen and oxygen atoms in total. The van der Waals surface area contributed by atoms with Crippen LogP contribution >= 0.6 is 0 Å². The maximum Gasteiger partial charge on any atom is 0.213 e. The van der Waals surface area contributed by atoms with Gasteiger partial charge in [0.25, 0.3) is 0 Å². The Morgan fingerprint density at radius 2 is 2.07 bits per heavy atom. The Hall–Kier alpha value is -1.05. The van der Waals surface area contributed by atoms with Crippen molar-refractivity contribution in [3.8, 4) is 5.88 Å². The van der Waals surface area contributed by atoms with Gasteiger partial charge < -0.3 is 4.74 Å². The van der Waals surface area contributed by atoms with Crippen LogP contribution < -0.4 is 4.74 Å². The third-order valence-electron chi connectivity index (χ3n) is 2.50. The molecular formula is C13H21NO. The summed E-state index contributed by atoms with van der Waals surface area (Å²) in [4.78, 5) is 4.22. The van der Waals surface area contributed by atoms with E-state index in [4.69, 9.17) is 4.74 Å². The van der Waals surface area contributed by atoms with E-state index in [9.17, 15) is 0 Å². The summed E-state index contributed by atoms with van der Waals surface area (Å²) in [6.07, 6.45) is 3.05. The van der Waals surface area contributed by atoms with Crippen molar-refractivity contribution in [3.05, 3.63) is 23.9 Å². The molecule has 0 amide bonds. The first-order valence-corrected chi connectivity index (χ1v) is 5.56. The number of hydrogen-bond acceptors (Lipinski definition) is 2. The first-order chi connectivity index (χ1) is 6.93. The average molecular weight is 207 g/mol. The van der Waals surface area contributed by atoms with Crippen LogP contribution in [0.3, 0.4) is 0 Å². The molecule has 0 unspecified atom stereocenters. The van der Waals surface area contributed by atoms with Crippen molar-refractivity contribution >= 4 is 0 Å². The second-order valence-corrected chi connectivity index (χ2v) is 4.97. The Bertz CT molecular complexity index is 315. The lowest BCUT2D eigenvalue weighted by atomic mass is 9.88. The largest absolute Gasteiger partial charge is 0.475 e. The van der Waals surface area contributed by atoms with Crippen LogP contribution in [0.1, 0.15) is 46.6 Å². The van der Waals surface area contributed by atoms with E-state index in [-0.39, 0.29) is 11.5 Å². The molecule has 0 aromatic carbocycles. The zero-order chi connectivity index (χ0) is 11.5. The highest BCUT2D eigenvalue weighted by atomic mass is 16.5. The molecule has 2 heteroatoms. The lowest BCUT2D eigenvalue weighted by Crippen LogP contribution is -2.14. The van der Waals surface area contributed by atoms with Crippen LogP contribution in [0, 0.1) is 0 Å². The highest BCUT2D eigenvalue weighted by molar-refractivity contribution is 5.26. The molecule has 0 bridgehead atoms. The summed E-state index contributed by atoms with van der Waals surface area (Å²) >= 11 is 0. The minimum atomic E-state index is 0.149. The Labute approximate surface area is 92.7 Å². The smallest absolute Gasteiger partial charge is 0.213 e. The molecule has 0 aliphatic rings. The lowest BCUT2D eigenvalue weighted by molar-refractivity contribution is 0.208. The molecule has 1 aromatic heterocycles. The maximum atomic E-state index is 5.69. The summed E-state index contributed by atoms with van der Waals surface area (Å²) in [5.41, 5.74) is 1.41. The monoisotopic (exact) mass is 207 g/mol. The van der Waals surface area contributed by atoms with Crippen LogP contribution in [-0.4, -0.2) is 11.1 Å². The van der Waals surface area contributed by atoms with Gasteiger partial charge in [0.05, 0.1) is 6.10 Å². The van der Waals surface area contributed by atoms with Gasteiger partial charge in [-0.2, -0.15) is 0 Å². The van der Waals surface area contributed by atoms with E-state index >= 15 is 0 Å². The Morgan fingerprint density at radius 1 is 1.40 bits per heavy atom. The minimum Gasteiger partial charge on any atom is -0.475 e. The average Bonchev–Trinajstić information content (AvgIpc) is 2.17. The van der Waals surface area contributed by atoms with Crippen molar-refractivity contribution in [1.82, 2.24) is 4.98 Å². The van der Waals surface area contributed by atoms with Crippen LogP contribution in [0.2, 0.25) is 0 Å². The molecule has 0 spiro atoms. The van der Waals surface area contributed by atoms with Crippen molar-refractivity contribution in [1.29, 1.82) is 0 Å². The third-order valence-corrected chi connectivity index (χ3v) is 2.50. The van der Waals surface area contributed by atoms with E-state index in [1.807, 2.05) is 18.3 Å². The standard InChI is InChI=1S/C13H21NO/c1-6-10(2)15-12-9-11(7-8-14-12)13(3,4)5/h7-10H,6H2,1-5H3/t10-/m1/s1. The van der Waals surface area contributed by atoms with E-state index in [1.165, 1.54) is 5.56 Å². The molecule has 84 valence electrons. The number of aromatic nitrogens is 1. The van der Waals surface area contributed by atoms with Crippen LogP contribution in [0.15, 0.2) is 18.3 Å². The van der Waals surface area contributed by atoms with Crippen molar-refractivity contribution in [2.75, 3.05) is 0 Å². The maximum absolute atomic E-state index is 5.69. The predicted molar refractivity (Wildman–Crippen MR) is 63.3 cm³/mol. The lowest BCUT2D eigenvalue weighted by Gasteiger charge is -2.20. The van der Waals surface area contributed by atoms with Gasteiger partial charge in [0.15, 0.2) is 0 Å². The minimum absolute atomic E-state index is 0.149. The highest BCUT2D eigenvalue weighted by Crippen LogP contribution is 2.24. The van der Waals surface area contributed by atoms with E-state index in [1.54, 1.807) is 0 Å². The van der Waals surface area contributed by atoms with Crippen LogP contribution in [0.5, 0.6) is 5.88 Å². The molecule has 0 aliphatic carbocycles. The Kier molecular flexibility index (Phi) is 3.72. The number of nitrogens with zero attached hydrogens (tertiary/aromatic N) is 1. The SMILES string of the molecule is CC[C@@H](C)Oc1cc(C(C)(C)C)ccn1. The Balaban J connectivity index is 2.84. The van der Waals surface area contributed by atoms with Crippen molar-refractivity contribution in [3.63, 3.8) is 0 Å². The molecule has 0 aliphatic heterocycles. The van der Waals surface area contributed by atoms with Crippen molar-refractivity contribution in [2.45, 2.75) is 52.6 Å². The summed E-state index contributed by atoms with van der Waals surface area (Å²) < 4.78 is 5.69. The van der Waals surface area contributed by atoms with E-state index in [0.717, 1.165) is 12.3 Å². The highest BCUT2D eigenvalue weighted by Gasteiger charge is 2.14. The second kappa shape index (κ2) is 4.65. The summed E-state index contributed by atoms with van der Waals surface area (Å²) in [5.74, 6) is 0.733. The van der Waals surface area contributed by atoms with Gasteiger partial charge in [-0.05, 0) is 30.4 Å². The van der Waals surface area contributed by atoms with Crippen LogP contribution in [0.25, 0.3) is 0 Å². The molecule has 1 rings (SSSR count). The zero-order valence-corrected chi connectivity index (χ0v) is 10.4. The molecule has 0 saturated heterocycles. The molecular weight excluding hydrogens is 186 g/mol. The number of hydrogen-bond donors (Lipinski definition) is 0. The van der Waals surface area contributed by atoms with E-state index in [0.29, 0.717) is 0 Å². The first-order valence-electron chi connectivity index (χ1n) is 5.56. The van der Waals surface area contributed by atoms with Gasteiger partial charge in [-0.25, -0.2) is 4.98 Å². The predicted octanol–water partition coefficient (Wildman–Crippen LogP) is 3.56. The number of pyridine rings is 1. The first kappa shape index (κ1) is 12.0. The van der Waals surface area contributed by atoms with Crippen molar-refractivity contribution < 1.29 is 4.74 Å². The summed E-state index contributed by atoms with van der Waals surface area (Å²) in [7, 11) is 0. The van der Waals surface area contributed by atoms with Gasteiger partial charge in [-0.15, -0.1) is 0 Å². The molecule has 0 fully saturated rings. The molecule has 1 atom stereocenters. The van der Waals surface area contributed by atoms with Gasteiger partial charge in [0.1, 0.15) is 0 Å². The quantitative estimate of drug-likeness (QED) is 0.756.